The lowest BCUT2D eigenvalue weighted by Gasteiger charge is -2.40. The molecule has 0 radical (unpaired) electrons. The number of halogens is 3. The highest BCUT2D eigenvalue weighted by Crippen LogP contribution is 2.36. The first-order chi connectivity index (χ1) is 19.6. The van der Waals surface area contributed by atoms with Crippen LogP contribution in [-0.2, 0) is 9.53 Å². The molecule has 2 aromatic carbocycles. The van der Waals surface area contributed by atoms with Crippen LogP contribution in [0.2, 0.25) is 5.02 Å². The van der Waals surface area contributed by atoms with E-state index in [0.717, 1.165) is 6.07 Å². The Morgan fingerprint density at radius 1 is 1.12 bits per heavy atom. The number of aryl methyl sites for hydroxylation is 1. The highest BCUT2D eigenvalue weighted by Gasteiger charge is 2.48. The predicted molar refractivity (Wildman–Crippen MR) is 141 cm³/mol. The predicted octanol–water partition coefficient (Wildman–Crippen LogP) is 3.82. The minimum absolute atomic E-state index is 0.00433. The van der Waals surface area contributed by atoms with Gasteiger partial charge in [0, 0.05) is 29.9 Å². The number of aromatic nitrogens is 4. The Kier molecular flexibility index (Phi) is 7.65. The molecule has 2 N–H and O–H groups in total. The van der Waals surface area contributed by atoms with Crippen molar-refractivity contribution in [3.63, 3.8) is 0 Å². The fourth-order valence-corrected chi connectivity index (χ4v) is 4.49. The van der Waals surface area contributed by atoms with Crippen molar-refractivity contribution in [2.24, 2.45) is 0 Å². The van der Waals surface area contributed by atoms with Gasteiger partial charge in [0.25, 0.3) is 11.8 Å². The first-order valence-electron chi connectivity index (χ1n) is 12.3. The molecule has 1 saturated heterocycles. The Balaban J connectivity index is 1.35. The van der Waals surface area contributed by atoms with Crippen LogP contribution < -0.4 is 15.4 Å². The van der Waals surface area contributed by atoms with Crippen molar-refractivity contribution < 1.29 is 32.4 Å². The molecular formula is C27H23ClF2N6O5. The maximum atomic E-state index is 15.4. The molecule has 0 bridgehead atoms. The summed E-state index contributed by atoms with van der Waals surface area (Å²) >= 11 is 6.10. The topological polar surface area (TPSA) is 141 Å². The molecular weight excluding hydrogens is 562 g/mol. The number of ether oxygens (including phenoxy) is 2. The molecule has 1 atom stereocenters. The summed E-state index contributed by atoms with van der Waals surface area (Å²) in [6, 6.07) is 6.10. The summed E-state index contributed by atoms with van der Waals surface area (Å²) in [5.41, 5.74) is -0.517. The van der Waals surface area contributed by atoms with Crippen molar-refractivity contribution in [3.8, 4) is 28.5 Å². The lowest BCUT2D eigenvalue weighted by molar-refractivity contribution is -0.147. The van der Waals surface area contributed by atoms with Crippen LogP contribution in [0.15, 0.2) is 47.2 Å². The molecule has 212 valence electrons. The van der Waals surface area contributed by atoms with Gasteiger partial charge in [-0.25, -0.2) is 18.7 Å². The summed E-state index contributed by atoms with van der Waals surface area (Å²) in [6.45, 7) is 3.00. The number of methoxy groups -OCH3 is 1. The van der Waals surface area contributed by atoms with E-state index in [-0.39, 0.29) is 58.2 Å². The number of amides is 2. The van der Waals surface area contributed by atoms with Crippen LogP contribution in [0, 0.1) is 18.6 Å². The van der Waals surface area contributed by atoms with Crippen LogP contribution in [0.4, 0.5) is 8.78 Å². The third kappa shape index (κ3) is 5.58. The lowest BCUT2D eigenvalue weighted by atomic mass is 9.93. The first-order valence-corrected chi connectivity index (χ1v) is 12.6. The van der Waals surface area contributed by atoms with Crippen molar-refractivity contribution in [2.75, 3.05) is 20.3 Å². The normalized spacial score (nSPS) is 14.6. The van der Waals surface area contributed by atoms with E-state index in [2.05, 4.69) is 30.7 Å². The fourth-order valence-electron chi connectivity index (χ4n) is 4.28. The molecule has 11 nitrogen and oxygen atoms in total. The molecule has 0 unspecified atom stereocenters. The molecule has 5 rings (SSSR count). The zero-order chi connectivity index (χ0) is 29.3. The molecule has 1 aliphatic rings. The largest absolute Gasteiger partial charge is 0.467 e. The van der Waals surface area contributed by atoms with Crippen LogP contribution in [0.1, 0.15) is 34.8 Å². The van der Waals surface area contributed by atoms with E-state index in [1.807, 2.05) is 0 Å². The number of benzene rings is 2. The van der Waals surface area contributed by atoms with Gasteiger partial charge in [0.1, 0.15) is 11.6 Å². The van der Waals surface area contributed by atoms with Gasteiger partial charge in [0.15, 0.2) is 5.54 Å². The highest BCUT2D eigenvalue weighted by atomic mass is 35.5. The molecule has 1 aliphatic heterocycles. The second kappa shape index (κ2) is 11.2. The van der Waals surface area contributed by atoms with E-state index in [1.54, 1.807) is 19.9 Å². The van der Waals surface area contributed by atoms with Gasteiger partial charge in [0.2, 0.25) is 11.7 Å². The number of nitrogens with one attached hydrogen (secondary N) is 2. The summed E-state index contributed by atoms with van der Waals surface area (Å²) in [5, 5.41) is 9.28. The van der Waals surface area contributed by atoms with E-state index in [1.165, 1.54) is 37.7 Å². The zero-order valence-electron chi connectivity index (χ0n) is 22.0. The maximum Gasteiger partial charge on any atom is 0.316 e. The van der Waals surface area contributed by atoms with Crippen molar-refractivity contribution in [3.05, 3.63) is 76.4 Å². The number of nitrogens with zero attached hydrogens (tertiary/aromatic N) is 4. The van der Waals surface area contributed by atoms with Crippen LogP contribution in [0.25, 0.3) is 22.5 Å². The van der Waals surface area contributed by atoms with E-state index in [9.17, 15) is 14.0 Å². The molecule has 2 amide bonds. The number of carbonyl (C=O) groups excluding carboxylic acids is 2. The van der Waals surface area contributed by atoms with Crippen molar-refractivity contribution in [1.29, 1.82) is 0 Å². The molecule has 3 heterocycles. The zero-order valence-corrected chi connectivity index (χ0v) is 22.8. The summed E-state index contributed by atoms with van der Waals surface area (Å²) in [4.78, 5) is 37.8. The molecule has 4 aromatic rings. The molecule has 41 heavy (non-hydrogen) atoms. The third-order valence-electron chi connectivity index (χ3n) is 6.49. The molecule has 0 aliphatic carbocycles. The Morgan fingerprint density at radius 2 is 1.85 bits per heavy atom. The second-order valence-corrected chi connectivity index (χ2v) is 9.80. The number of rotatable bonds is 8. The Morgan fingerprint density at radius 3 is 2.44 bits per heavy atom. The molecule has 2 aromatic heterocycles. The van der Waals surface area contributed by atoms with Gasteiger partial charge in [-0.2, -0.15) is 4.98 Å². The van der Waals surface area contributed by atoms with Gasteiger partial charge < -0.3 is 24.6 Å². The van der Waals surface area contributed by atoms with Crippen molar-refractivity contribution in [1.82, 2.24) is 30.7 Å². The van der Waals surface area contributed by atoms with Crippen LogP contribution in [-0.4, -0.2) is 57.8 Å². The maximum absolute atomic E-state index is 15.4. The van der Waals surface area contributed by atoms with Crippen LogP contribution in [0.5, 0.6) is 6.01 Å². The standard InChI is InChI=1S/C27H23ClF2N6O5/c1-13(33-25(38)27(11-40-12-27)35-24(37)16-9-31-26(39-3)32-10-16)18-5-4-15(6-20(18)29)19-7-17(28)8-21(30)22(19)23-34-14(2)41-36-23/h4-10,13H,11-12H2,1-3H3,(H,33,38)(H,35,37)/t13-/m1/s1. The number of carbonyl (C=O) groups is 2. The molecule has 0 saturated carbocycles. The van der Waals surface area contributed by atoms with Crippen LogP contribution in [0.3, 0.4) is 0 Å². The summed E-state index contributed by atoms with van der Waals surface area (Å²) in [5.74, 6) is -2.29. The quantitative estimate of drug-likeness (QED) is 0.316. The first kappa shape index (κ1) is 28.1. The molecule has 1 fully saturated rings. The lowest BCUT2D eigenvalue weighted by Crippen LogP contribution is -2.70. The van der Waals surface area contributed by atoms with Gasteiger partial charge >= 0.3 is 6.01 Å². The van der Waals surface area contributed by atoms with E-state index < -0.39 is 35.0 Å². The van der Waals surface area contributed by atoms with Crippen molar-refractivity contribution in [2.45, 2.75) is 25.4 Å². The third-order valence-corrected chi connectivity index (χ3v) is 6.71. The summed E-state index contributed by atoms with van der Waals surface area (Å²) in [6.07, 6.45) is 2.53. The number of hydrogen-bond acceptors (Lipinski definition) is 9. The monoisotopic (exact) mass is 584 g/mol. The second-order valence-electron chi connectivity index (χ2n) is 9.37. The van der Waals surface area contributed by atoms with Gasteiger partial charge in [-0.3, -0.25) is 9.59 Å². The van der Waals surface area contributed by atoms with Crippen molar-refractivity contribution >= 4 is 23.4 Å². The van der Waals surface area contributed by atoms with E-state index in [4.69, 9.17) is 25.6 Å². The Labute approximate surface area is 237 Å². The SMILES string of the molecule is COc1ncc(C(=O)NC2(C(=O)N[C@H](C)c3ccc(-c4cc(Cl)cc(F)c4-c4noc(C)n4)cc3F)COC2)cn1. The number of hydrogen-bond donors (Lipinski definition) is 2. The minimum atomic E-state index is -1.36. The fraction of sp³-hybridized carbons (Fsp3) is 0.259. The average molecular weight is 585 g/mol. The van der Waals surface area contributed by atoms with Gasteiger partial charge in [0.05, 0.1) is 37.5 Å². The van der Waals surface area contributed by atoms with E-state index in [0.29, 0.717) is 5.56 Å². The Hall–Kier alpha value is -4.49. The van der Waals surface area contributed by atoms with Gasteiger partial charge in [-0.1, -0.05) is 28.9 Å². The highest BCUT2D eigenvalue weighted by molar-refractivity contribution is 6.31. The average Bonchev–Trinajstić information content (AvgIpc) is 3.35. The van der Waals surface area contributed by atoms with Gasteiger partial charge in [-0.05, 0) is 36.2 Å². The molecule has 0 spiro atoms. The minimum Gasteiger partial charge on any atom is -0.467 e. The van der Waals surface area contributed by atoms with Gasteiger partial charge in [-0.15, -0.1) is 0 Å². The van der Waals surface area contributed by atoms with Crippen LogP contribution >= 0.6 is 11.6 Å². The summed E-state index contributed by atoms with van der Waals surface area (Å²) in [7, 11) is 1.39. The summed E-state index contributed by atoms with van der Waals surface area (Å²) < 4.78 is 45.4. The smallest absolute Gasteiger partial charge is 0.316 e. The molecule has 14 heteroatoms. The Bertz CT molecular complexity index is 1630. The van der Waals surface area contributed by atoms with E-state index >= 15 is 4.39 Å².